The number of benzene rings is 2. The lowest BCUT2D eigenvalue weighted by Crippen LogP contribution is -2.41. The lowest BCUT2D eigenvalue weighted by molar-refractivity contribution is 0.240. The minimum atomic E-state index is 0. The monoisotopic (exact) mass is 453 g/mol. The van der Waals surface area contributed by atoms with Crippen molar-refractivity contribution in [2.24, 2.45) is 5.41 Å². The van der Waals surface area contributed by atoms with Crippen molar-refractivity contribution in [1.82, 2.24) is 5.32 Å². The highest BCUT2D eigenvalue weighted by Gasteiger charge is 2.25. The van der Waals surface area contributed by atoms with Gasteiger partial charge in [0, 0.05) is 12.1 Å². The predicted octanol–water partition coefficient (Wildman–Crippen LogP) is 7.35. The molecule has 0 aliphatic rings. The van der Waals surface area contributed by atoms with Crippen LogP contribution in [0, 0.1) is 12.3 Å². The zero-order valence-electron chi connectivity index (χ0n) is 19.4. The van der Waals surface area contributed by atoms with Crippen LogP contribution in [0.5, 0.6) is 11.5 Å². The van der Waals surface area contributed by atoms with Gasteiger partial charge in [0.25, 0.3) is 0 Å². The zero-order chi connectivity index (χ0) is 21.7. The number of hydrogen-bond acceptors (Lipinski definition) is 3. The molecule has 0 bridgehead atoms. The van der Waals surface area contributed by atoms with Crippen LogP contribution >= 0.6 is 24.0 Å². The van der Waals surface area contributed by atoms with Gasteiger partial charge in [0.2, 0.25) is 0 Å². The van der Waals surface area contributed by atoms with Gasteiger partial charge in [0.1, 0.15) is 6.61 Å². The van der Waals surface area contributed by atoms with E-state index < -0.39 is 0 Å². The summed E-state index contributed by atoms with van der Waals surface area (Å²) in [4.78, 5) is 0. The van der Waals surface area contributed by atoms with E-state index in [2.05, 4.69) is 71.1 Å². The summed E-state index contributed by atoms with van der Waals surface area (Å²) < 4.78 is 11.9. The highest BCUT2D eigenvalue weighted by molar-refractivity contribution is 6.32. The molecule has 5 heteroatoms. The van der Waals surface area contributed by atoms with E-state index in [0.717, 1.165) is 24.1 Å². The van der Waals surface area contributed by atoms with Gasteiger partial charge in [-0.15, -0.1) is 12.4 Å². The number of ether oxygens (including phenoxy) is 2. The van der Waals surface area contributed by atoms with E-state index in [1.807, 2.05) is 19.1 Å². The Morgan fingerprint density at radius 1 is 0.933 bits per heavy atom. The average molecular weight is 454 g/mol. The van der Waals surface area contributed by atoms with Crippen molar-refractivity contribution >= 4 is 24.0 Å². The summed E-state index contributed by atoms with van der Waals surface area (Å²) in [5, 5.41) is 4.23. The molecule has 0 radical (unpaired) electrons. The smallest absolute Gasteiger partial charge is 0.180 e. The first-order chi connectivity index (χ1) is 13.5. The first kappa shape index (κ1) is 26.6. The molecule has 0 unspecified atom stereocenters. The Morgan fingerprint density at radius 3 is 2.13 bits per heavy atom. The third-order valence-electron chi connectivity index (χ3n) is 4.62. The Bertz CT molecular complexity index is 796. The summed E-state index contributed by atoms with van der Waals surface area (Å²) in [5.41, 5.74) is 3.70. The minimum absolute atomic E-state index is 0. The van der Waals surface area contributed by atoms with Crippen molar-refractivity contribution in [2.75, 3.05) is 6.61 Å². The van der Waals surface area contributed by atoms with Gasteiger partial charge in [-0.3, -0.25) is 0 Å². The van der Waals surface area contributed by atoms with Crippen LogP contribution in [0.15, 0.2) is 36.4 Å². The Labute approximate surface area is 193 Å². The maximum absolute atomic E-state index is 6.59. The van der Waals surface area contributed by atoms with Gasteiger partial charge in [0.15, 0.2) is 11.5 Å². The quantitative estimate of drug-likeness (QED) is 0.430. The molecule has 1 N–H and O–H groups in total. The Hall–Kier alpha value is -1.42. The third kappa shape index (κ3) is 8.75. The average Bonchev–Trinajstić information content (AvgIpc) is 2.59. The van der Waals surface area contributed by atoms with Crippen molar-refractivity contribution in [2.45, 2.75) is 73.6 Å². The standard InChI is InChI=1S/C25H36ClNO2.ClH/c1-8-28-22-14-20(15-27-25(6,7)17-24(3,4)5)13-21(26)23(22)29-16-19-11-9-18(2)10-12-19;/h9-14,27H,8,15-17H2,1-7H3;1H. The number of aryl methyl sites for hydroxylation is 1. The largest absolute Gasteiger partial charge is 0.490 e. The SMILES string of the molecule is CCOc1cc(CNC(C)(C)CC(C)(C)C)cc(Cl)c1OCc1ccc(C)cc1.Cl. The van der Waals surface area contributed by atoms with Crippen LogP contribution in [0.1, 0.15) is 64.7 Å². The zero-order valence-corrected chi connectivity index (χ0v) is 21.0. The molecular formula is C25H37Cl2NO2. The van der Waals surface area contributed by atoms with E-state index in [0.29, 0.717) is 29.7 Å². The summed E-state index contributed by atoms with van der Waals surface area (Å²) >= 11 is 6.59. The lowest BCUT2D eigenvalue weighted by Gasteiger charge is -2.33. The fourth-order valence-corrected chi connectivity index (χ4v) is 3.98. The summed E-state index contributed by atoms with van der Waals surface area (Å²) in [6.07, 6.45) is 1.07. The fraction of sp³-hybridized carbons (Fsp3) is 0.520. The van der Waals surface area contributed by atoms with Crippen LogP contribution in [0.25, 0.3) is 0 Å². The molecule has 0 saturated heterocycles. The molecule has 2 aromatic carbocycles. The first-order valence-corrected chi connectivity index (χ1v) is 10.8. The molecule has 0 aromatic heterocycles. The molecule has 0 heterocycles. The van der Waals surface area contributed by atoms with Crippen LogP contribution in [0.4, 0.5) is 0 Å². The Morgan fingerprint density at radius 2 is 1.57 bits per heavy atom. The summed E-state index contributed by atoms with van der Waals surface area (Å²) in [5.74, 6) is 1.30. The van der Waals surface area contributed by atoms with Crippen LogP contribution in [0.3, 0.4) is 0 Å². The molecule has 0 saturated carbocycles. The van der Waals surface area contributed by atoms with Crippen molar-refractivity contribution in [1.29, 1.82) is 0 Å². The molecule has 2 aromatic rings. The maximum Gasteiger partial charge on any atom is 0.180 e. The Kier molecular flexibility index (Phi) is 10.00. The van der Waals surface area contributed by atoms with Gasteiger partial charge < -0.3 is 14.8 Å². The number of rotatable bonds is 9. The molecule has 2 rings (SSSR count). The number of halogens is 2. The van der Waals surface area contributed by atoms with Gasteiger partial charge >= 0.3 is 0 Å². The van der Waals surface area contributed by atoms with E-state index in [-0.39, 0.29) is 23.4 Å². The molecule has 0 amide bonds. The van der Waals surface area contributed by atoms with Gasteiger partial charge in [-0.1, -0.05) is 62.2 Å². The van der Waals surface area contributed by atoms with Gasteiger partial charge in [-0.05, 0) is 62.8 Å². The van der Waals surface area contributed by atoms with Crippen molar-refractivity contribution < 1.29 is 9.47 Å². The normalized spacial score (nSPS) is 11.7. The number of nitrogens with one attached hydrogen (secondary N) is 1. The van der Waals surface area contributed by atoms with Crippen molar-refractivity contribution in [3.63, 3.8) is 0 Å². The van der Waals surface area contributed by atoms with Crippen molar-refractivity contribution in [3.05, 3.63) is 58.1 Å². The summed E-state index contributed by atoms with van der Waals surface area (Å²) in [6, 6.07) is 12.3. The molecule has 0 aliphatic heterocycles. The third-order valence-corrected chi connectivity index (χ3v) is 4.90. The molecule has 30 heavy (non-hydrogen) atoms. The first-order valence-electron chi connectivity index (χ1n) is 10.4. The molecule has 3 nitrogen and oxygen atoms in total. The van der Waals surface area contributed by atoms with Crippen LogP contribution in [-0.2, 0) is 13.2 Å². The predicted molar refractivity (Wildman–Crippen MR) is 130 cm³/mol. The van der Waals surface area contributed by atoms with E-state index in [1.54, 1.807) is 0 Å². The van der Waals surface area contributed by atoms with Gasteiger partial charge in [-0.2, -0.15) is 0 Å². The van der Waals surface area contributed by atoms with Crippen LogP contribution in [-0.4, -0.2) is 12.1 Å². The second-order valence-electron chi connectivity index (χ2n) is 9.59. The van der Waals surface area contributed by atoms with Crippen molar-refractivity contribution in [3.8, 4) is 11.5 Å². The molecule has 168 valence electrons. The molecular weight excluding hydrogens is 417 g/mol. The van der Waals surface area contributed by atoms with Gasteiger partial charge in [-0.25, -0.2) is 0 Å². The highest BCUT2D eigenvalue weighted by Crippen LogP contribution is 2.37. The number of hydrogen-bond donors (Lipinski definition) is 1. The molecule has 0 spiro atoms. The fourth-order valence-electron chi connectivity index (χ4n) is 3.70. The van der Waals surface area contributed by atoms with E-state index >= 15 is 0 Å². The molecule has 0 atom stereocenters. The Balaban J connectivity index is 0.00000450. The van der Waals surface area contributed by atoms with Crippen LogP contribution in [0.2, 0.25) is 5.02 Å². The van der Waals surface area contributed by atoms with Crippen LogP contribution < -0.4 is 14.8 Å². The molecule has 0 fully saturated rings. The summed E-state index contributed by atoms with van der Waals surface area (Å²) in [6.45, 7) is 17.0. The lowest BCUT2D eigenvalue weighted by atomic mass is 9.82. The minimum Gasteiger partial charge on any atom is -0.490 e. The molecule has 0 aliphatic carbocycles. The summed E-state index contributed by atoms with van der Waals surface area (Å²) in [7, 11) is 0. The second-order valence-corrected chi connectivity index (χ2v) is 9.99. The highest BCUT2D eigenvalue weighted by atomic mass is 35.5. The second kappa shape index (κ2) is 11.3. The topological polar surface area (TPSA) is 30.5 Å². The maximum atomic E-state index is 6.59. The van der Waals surface area contributed by atoms with E-state index in [4.69, 9.17) is 21.1 Å². The van der Waals surface area contributed by atoms with E-state index in [1.165, 1.54) is 5.56 Å². The van der Waals surface area contributed by atoms with E-state index in [9.17, 15) is 0 Å². The van der Waals surface area contributed by atoms with Gasteiger partial charge in [0.05, 0.1) is 11.6 Å².